The molecular weight excluding hydrogens is 727 g/mol. The van der Waals surface area contributed by atoms with Gasteiger partial charge in [0.15, 0.2) is 0 Å². The number of benzene rings is 2. The minimum Gasteiger partial charge on any atom is -0.481 e. The van der Waals surface area contributed by atoms with Gasteiger partial charge in [-0.2, -0.15) is 0 Å². The van der Waals surface area contributed by atoms with E-state index in [9.17, 15) is 19.5 Å². The van der Waals surface area contributed by atoms with Crippen LogP contribution in [0.4, 0.5) is 0 Å². The predicted molar refractivity (Wildman–Crippen MR) is 208 cm³/mol. The molecule has 3 aromatic heterocycles. The van der Waals surface area contributed by atoms with Crippen molar-refractivity contribution in [1.82, 2.24) is 29.9 Å². The summed E-state index contributed by atoms with van der Waals surface area (Å²) in [7, 11) is 1.59. The number of nitrogens with zero attached hydrogens (tertiary/aromatic N) is 4. The van der Waals surface area contributed by atoms with Crippen LogP contribution in [0.2, 0.25) is 10.0 Å². The van der Waals surface area contributed by atoms with E-state index in [1.165, 1.54) is 4.40 Å². The zero-order valence-electron chi connectivity index (χ0n) is 29.8. The molecule has 3 aliphatic heterocycles. The number of carboxylic acids is 1. The molecular formula is C41H40Cl2N6O5. The molecule has 9 rings (SSSR count). The van der Waals surface area contributed by atoms with Crippen molar-refractivity contribution >= 4 is 40.7 Å². The van der Waals surface area contributed by atoms with Gasteiger partial charge in [-0.15, -0.1) is 0 Å². The highest BCUT2D eigenvalue weighted by Crippen LogP contribution is 2.46. The van der Waals surface area contributed by atoms with Gasteiger partial charge in [0.25, 0.3) is 5.56 Å². The van der Waals surface area contributed by atoms with Crippen LogP contribution >= 0.6 is 23.2 Å². The highest BCUT2D eigenvalue weighted by atomic mass is 35.5. The molecule has 3 saturated heterocycles. The molecule has 1 amide bonds. The first-order valence-electron chi connectivity index (χ1n) is 18.2. The lowest BCUT2D eigenvalue weighted by Crippen LogP contribution is -2.56. The molecule has 2 bridgehead atoms. The van der Waals surface area contributed by atoms with E-state index < -0.39 is 11.4 Å². The topological polar surface area (TPSA) is 138 Å². The summed E-state index contributed by atoms with van der Waals surface area (Å²) in [6, 6.07) is 19.5. The maximum atomic E-state index is 13.3. The van der Waals surface area contributed by atoms with Crippen LogP contribution in [0.25, 0.3) is 39.2 Å². The van der Waals surface area contributed by atoms with E-state index in [-0.39, 0.29) is 17.5 Å². The number of carboxylic acid groups (broad SMARTS) is 1. The molecule has 0 radical (unpaired) electrons. The van der Waals surface area contributed by atoms with E-state index in [1.54, 1.807) is 19.5 Å². The van der Waals surface area contributed by atoms with Gasteiger partial charge in [0.2, 0.25) is 11.8 Å². The number of methoxy groups -OCH3 is 1. The number of halogens is 2. The molecule has 54 heavy (non-hydrogen) atoms. The number of pyridine rings is 2. The molecule has 3 N–H and O–H groups in total. The van der Waals surface area contributed by atoms with Gasteiger partial charge in [0.05, 0.1) is 28.3 Å². The molecule has 2 aromatic carbocycles. The van der Waals surface area contributed by atoms with Crippen molar-refractivity contribution in [2.24, 2.45) is 5.41 Å². The Morgan fingerprint density at radius 2 is 1.70 bits per heavy atom. The third-order valence-corrected chi connectivity index (χ3v) is 12.2. The van der Waals surface area contributed by atoms with Gasteiger partial charge in [-0.3, -0.25) is 23.7 Å². The Bertz CT molecular complexity index is 2340. The first-order valence-corrected chi connectivity index (χ1v) is 19.0. The molecule has 4 aliphatic rings. The summed E-state index contributed by atoms with van der Waals surface area (Å²) >= 11 is 14.3. The Kier molecular flexibility index (Phi) is 9.91. The van der Waals surface area contributed by atoms with E-state index in [1.807, 2.05) is 60.7 Å². The monoisotopic (exact) mass is 766 g/mol. The first-order chi connectivity index (χ1) is 26.1. The number of rotatable bonds is 11. The Morgan fingerprint density at radius 1 is 0.981 bits per heavy atom. The van der Waals surface area contributed by atoms with Crippen LogP contribution < -0.4 is 20.9 Å². The lowest BCUT2D eigenvalue weighted by atomic mass is 9.67. The lowest BCUT2D eigenvalue weighted by molar-refractivity contribution is -0.160. The summed E-state index contributed by atoms with van der Waals surface area (Å²) in [6.45, 7) is 2.02. The summed E-state index contributed by atoms with van der Waals surface area (Å²) in [5, 5.41) is 17.1. The number of carbonyl (C=O) groups excluding carboxylic acids is 1. The number of nitrogens with one attached hydrogen (secondary N) is 2. The maximum Gasteiger partial charge on any atom is 0.310 e. The summed E-state index contributed by atoms with van der Waals surface area (Å²) in [6.07, 6.45) is 7.83. The van der Waals surface area contributed by atoms with Crippen molar-refractivity contribution in [2.45, 2.75) is 63.7 Å². The van der Waals surface area contributed by atoms with E-state index in [2.05, 4.69) is 20.5 Å². The lowest BCUT2D eigenvalue weighted by Gasteiger charge is -2.50. The van der Waals surface area contributed by atoms with Crippen molar-refractivity contribution in [2.75, 3.05) is 20.2 Å². The van der Waals surface area contributed by atoms with Crippen LogP contribution in [0.5, 0.6) is 5.88 Å². The van der Waals surface area contributed by atoms with E-state index in [0.29, 0.717) is 71.5 Å². The molecule has 1 atom stereocenters. The minimum atomic E-state index is -0.704. The number of piperidine rings is 2. The van der Waals surface area contributed by atoms with Crippen molar-refractivity contribution in [1.29, 1.82) is 0 Å². The third-order valence-electron chi connectivity index (χ3n) is 11.3. The quantitative estimate of drug-likeness (QED) is 0.136. The fourth-order valence-electron chi connectivity index (χ4n) is 8.31. The Balaban J connectivity index is 1.03. The SMILES string of the molecule is COc1nc(-c2cccc(-c3cccc(-c4ccn5c(=O)c(CNC[C@H]6CCC(=O)N6)cnc5c4)c3Cl)c2Cl)ccc1CN1CC2(C(=O)O)CCC1CC2. The number of hydrogen-bond donors (Lipinski definition) is 3. The minimum absolute atomic E-state index is 0.0579. The van der Waals surface area contributed by atoms with Crippen LogP contribution in [0.3, 0.4) is 0 Å². The molecule has 1 aliphatic carbocycles. The third kappa shape index (κ3) is 6.74. The molecule has 0 unspecified atom stereocenters. The van der Waals surface area contributed by atoms with Gasteiger partial charge >= 0.3 is 5.97 Å². The van der Waals surface area contributed by atoms with E-state index in [0.717, 1.165) is 65.5 Å². The number of fused-ring (bicyclic) bond motifs is 4. The van der Waals surface area contributed by atoms with Crippen molar-refractivity contribution in [3.8, 4) is 39.4 Å². The summed E-state index contributed by atoms with van der Waals surface area (Å²) in [5.41, 5.74) is 5.46. The molecule has 5 aromatic rings. The Morgan fingerprint density at radius 3 is 2.41 bits per heavy atom. The fraction of sp³-hybridized carbons (Fsp3) is 0.341. The summed E-state index contributed by atoms with van der Waals surface area (Å²) in [5.74, 6) is -0.168. The summed E-state index contributed by atoms with van der Waals surface area (Å²) < 4.78 is 7.28. The number of hydrogen-bond acceptors (Lipinski definition) is 8. The zero-order chi connectivity index (χ0) is 37.6. The Hall–Kier alpha value is -4.81. The van der Waals surface area contributed by atoms with Crippen molar-refractivity contribution < 1.29 is 19.4 Å². The number of aliphatic carboxylic acids is 1. The Labute approximate surface area is 322 Å². The van der Waals surface area contributed by atoms with Crippen LogP contribution in [-0.2, 0) is 22.7 Å². The molecule has 278 valence electrons. The fourth-order valence-corrected chi connectivity index (χ4v) is 8.97. The molecule has 4 fully saturated rings. The number of ether oxygens (including phenoxy) is 1. The van der Waals surface area contributed by atoms with Gasteiger partial charge in [0.1, 0.15) is 5.65 Å². The highest BCUT2D eigenvalue weighted by molar-refractivity contribution is 6.39. The van der Waals surface area contributed by atoms with Crippen LogP contribution in [-0.4, -0.2) is 68.5 Å². The predicted octanol–water partition coefficient (Wildman–Crippen LogP) is 6.60. The van der Waals surface area contributed by atoms with E-state index >= 15 is 0 Å². The van der Waals surface area contributed by atoms with Crippen LogP contribution in [0.1, 0.15) is 49.7 Å². The maximum absolute atomic E-state index is 13.3. The smallest absolute Gasteiger partial charge is 0.310 e. The average Bonchev–Trinajstić information content (AvgIpc) is 3.61. The van der Waals surface area contributed by atoms with E-state index in [4.69, 9.17) is 32.9 Å². The molecule has 11 nitrogen and oxygen atoms in total. The first kappa shape index (κ1) is 36.2. The van der Waals surface area contributed by atoms with Crippen molar-refractivity contribution in [3.05, 3.63) is 105 Å². The standard InChI is InChI=1S/C41H40Cl2N6O5/c1-54-38-25(22-48-23-41(40(52)53)15-12-28(48)13-16-41)8-10-33(47-38)32-7-3-6-31(37(32)43)30-5-2-4-29(36(30)42)24-14-17-49-34(18-24)45-20-26(39(49)51)19-44-21-27-9-11-35(50)46-27/h2-8,10,14,17-18,20,27-28,44H,9,11-13,15-16,19,21-23H2,1H3,(H,46,50)(H,52,53)/t27-,28?,41?/m1/s1. The van der Waals surface area contributed by atoms with Gasteiger partial charge in [0, 0.05) is 90.5 Å². The van der Waals surface area contributed by atoms with Gasteiger partial charge < -0.3 is 20.5 Å². The molecule has 6 heterocycles. The average molecular weight is 768 g/mol. The van der Waals surface area contributed by atoms with Crippen LogP contribution in [0, 0.1) is 5.41 Å². The zero-order valence-corrected chi connectivity index (χ0v) is 31.3. The second-order valence-electron chi connectivity index (χ2n) is 14.6. The number of carbonyl (C=O) groups is 2. The summed E-state index contributed by atoms with van der Waals surface area (Å²) in [4.78, 5) is 48.6. The molecule has 1 saturated carbocycles. The molecule has 0 spiro atoms. The van der Waals surface area contributed by atoms with Gasteiger partial charge in [-0.1, -0.05) is 65.7 Å². The second-order valence-corrected chi connectivity index (χ2v) is 15.3. The number of aromatic nitrogens is 3. The number of amides is 1. The van der Waals surface area contributed by atoms with Gasteiger partial charge in [-0.05, 0) is 55.9 Å². The second kappa shape index (κ2) is 14.8. The normalized spacial score (nSPS) is 21.1. The van der Waals surface area contributed by atoms with Crippen LogP contribution in [0.15, 0.2) is 77.9 Å². The van der Waals surface area contributed by atoms with Gasteiger partial charge in [-0.25, -0.2) is 9.97 Å². The largest absolute Gasteiger partial charge is 0.481 e. The molecule has 13 heteroatoms. The van der Waals surface area contributed by atoms with Crippen molar-refractivity contribution in [3.63, 3.8) is 0 Å². The highest BCUT2D eigenvalue weighted by Gasteiger charge is 2.49.